The Morgan fingerprint density at radius 2 is 1.13 bits per heavy atom. The first-order valence-corrected chi connectivity index (χ1v) is 17.8. The van der Waals surface area contributed by atoms with Gasteiger partial charge in [-0.3, -0.25) is 23.7 Å². The molecule has 53 heavy (non-hydrogen) atoms. The molecule has 0 bridgehead atoms. The number of anilines is 5. The molecule has 1 aromatic heterocycles. The van der Waals surface area contributed by atoms with Crippen molar-refractivity contribution in [1.82, 2.24) is 19.4 Å². The number of amides is 2. The fourth-order valence-corrected chi connectivity index (χ4v) is 6.67. The number of carbonyl (C=O) groups is 4. The number of nitrogen functional groups attached to an aromatic ring is 1. The van der Waals surface area contributed by atoms with Crippen LogP contribution < -0.4 is 20.9 Å². The third-order valence-electron chi connectivity index (χ3n) is 9.83. The van der Waals surface area contributed by atoms with Gasteiger partial charge in [-0.05, 0) is 86.6 Å². The first kappa shape index (κ1) is 36.6. The number of Topliss-reactive ketones (excluding diaryl/α,β-unsaturated/α-hetero) is 2. The van der Waals surface area contributed by atoms with Gasteiger partial charge in [0.1, 0.15) is 6.33 Å². The maximum atomic E-state index is 11.6. The van der Waals surface area contributed by atoms with Crippen LogP contribution in [0.5, 0.6) is 0 Å². The van der Waals surface area contributed by atoms with Gasteiger partial charge < -0.3 is 30.7 Å². The zero-order valence-corrected chi connectivity index (χ0v) is 30.7. The minimum absolute atomic E-state index is 0.00468. The molecule has 0 unspecified atom stereocenters. The van der Waals surface area contributed by atoms with E-state index in [4.69, 9.17) is 5.73 Å². The summed E-state index contributed by atoms with van der Waals surface area (Å²) in [6, 6.07) is 27.3. The molecule has 2 fully saturated rings. The Morgan fingerprint density at radius 3 is 1.70 bits per heavy atom. The van der Waals surface area contributed by atoms with E-state index in [-0.39, 0.29) is 23.4 Å². The van der Waals surface area contributed by atoms with E-state index in [0.29, 0.717) is 16.8 Å². The van der Waals surface area contributed by atoms with Crippen molar-refractivity contribution in [2.75, 3.05) is 73.2 Å². The number of hydrogen-bond acceptors (Lipinski definition) is 9. The Bertz CT molecular complexity index is 2150. The van der Waals surface area contributed by atoms with Crippen LogP contribution in [0.3, 0.4) is 0 Å². The van der Waals surface area contributed by atoms with Crippen molar-refractivity contribution < 1.29 is 19.2 Å². The Kier molecular flexibility index (Phi) is 11.1. The third kappa shape index (κ3) is 8.66. The Balaban J connectivity index is 0.000000182. The second-order valence-corrected chi connectivity index (χ2v) is 13.4. The number of piperazine rings is 2. The van der Waals surface area contributed by atoms with E-state index in [0.717, 1.165) is 91.8 Å². The zero-order valence-electron chi connectivity index (χ0n) is 30.7. The Morgan fingerprint density at radius 1 is 0.604 bits per heavy atom. The molecular weight excluding hydrogens is 669 g/mol. The average molecular weight is 715 g/mol. The highest BCUT2D eigenvalue weighted by atomic mass is 16.2. The maximum Gasteiger partial charge on any atom is 0.219 e. The van der Waals surface area contributed by atoms with Crippen molar-refractivity contribution in [2.45, 2.75) is 27.7 Å². The van der Waals surface area contributed by atoms with Gasteiger partial charge in [0.25, 0.3) is 0 Å². The van der Waals surface area contributed by atoms with Crippen molar-refractivity contribution in [1.29, 1.82) is 0 Å². The lowest BCUT2D eigenvalue weighted by molar-refractivity contribution is -0.129. The SMILES string of the molecule is CC(=O)c1ccc(Nc2cccc(N3CCN(C(C)=O)CC3)c2)c(N)c1.CC(=O)c1ccc2c(c1)ncn2-c1cccc(N2CCN(C(C)=O)CC2)c1. The molecule has 0 radical (unpaired) electrons. The smallest absolute Gasteiger partial charge is 0.219 e. The van der Waals surface area contributed by atoms with Gasteiger partial charge >= 0.3 is 0 Å². The number of nitrogens with zero attached hydrogens (tertiary/aromatic N) is 6. The van der Waals surface area contributed by atoms with Crippen LogP contribution in [0.2, 0.25) is 0 Å². The molecule has 0 aliphatic carbocycles. The summed E-state index contributed by atoms with van der Waals surface area (Å²) in [7, 11) is 0. The van der Waals surface area contributed by atoms with Gasteiger partial charge in [-0.1, -0.05) is 12.1 Å². The van der Waals surface area contributed by atoms with E-state index in [9.17, 15) is 19.2 Å². The van der Waals surface area contributed by atoms with E-state index >= 15 is 0 Å². The molecule has 0 spiro atoms. The van der Waals surface area contributed by atoms with E-state index in [1.807, 2.05) is 56.8 Å². The molecule has 2 amide bonds. The molecule has 3 heterocycles. The number of hydrogen-bond donors (Lipinski definition) is 2. The molecule has 4 aromatic carbocycles. The molecule has 0 saturated carbocycles. The summed E-state index contributed by atoms with van der Waals surface area (Å²) in [5.74, 6) is 0.302. The monoisotopic (exact) mass is 714 g/mol. The fraction of sp³-hybridized carbons (Fsp3) is 0.293. The number of nitrogens with two attached hydrogens (primary N) is 1. The van der Waals surface area contributed by atoms with Crippen LogP contribution in [0.25, 0.3) is 16.7 Å². The number of rotatable bonds is 7. The fourth-order valence-electron chi connectivity index (χ4n) is 6.67. The lowest BCUT2D eigenvalue weighted by atomic mass is 10.1. The molecule has 2 saturated heterocycles. The lowest BCUT2D eigenvalue weighted by Crippen LogP contribution is -2.48. The number of fused-ring (bicyclic) bond motifs is 1. The number of benzene rings is 4. The van der Waals surface area contributed by atoms with Crippen molar-refractivity contribution in [3.05, 3.63) is 102 Å². The summed E-state index contributed by atoms with van der Waals surface area (Å²) in [5, 5.41) is 3.32. The minimum Gasteiger partial charge on any atom is -0.397 e. The number of aromatic nitrogens is 2. The normalized spacial score (nSPS) is 14.4. The summed E-state index contributed by atoms with van der Waals surface area (Å²) >= 11 is 0. The highest BCUT2D eigenvalue weighted by Gasteiger charge is 2.20. The van der Waals surface area contributed by atoms with Crippen LogP contribution in [0.1, 0.15) is 48.4 Å². The van der Waals surface area contributed by atoms with Gasteiger partial charge in [-0.15, -0.1) is 0 Å². The van der Waals surface area contributed by atoms with E-state index in [1.54, 1.807) is 39.2 Å². The number of nitrogens with one attached hydrogen (secondary N) is 1. The number of imidazole rings is 1. The van der Waals surface area contributed by atoms with Crippen LogP contribution in [0.15, 0.2) is 91.3 Å². The first-order chi connectivity index (χ1) is 25.5. The molecule has 274 valence electrons. The molecule has 12 nitrogen and oxygen atoms in total. The molecule has 7 rings (SSSR count). The molecule has 2 aliphatic rings. The Labute approximate surface area is 309 Å². The van der Waals surface area contributed by atoms with Crippen molar-refractivity contribution >= 4 is 62.9 Å². The second kappa shape index (κ2) is 16.0. The lowest BCUT2D eigenvalue weighted by Gasteiger charge is -2.35. The Hall–Kier alpha value is -6.17. The second-order valence-electron chi connectivity index (χ2n) is 13.4. The van der Waals surface area contributed by atoms with Crippen molar-refractivity contribution in [3.63, 3.8) is 0 Å². The molecule has 3 N–H and O–H groups in total. The van der Waals surface area contributed by atoms with Crippen LogP contribution in [-0.2, 0) is 9.59 Å². The van der Waals surface area contributed by atoms with Gasteiger partial charge in [0.15, 0.2) is 11.6 Å². The first-order valence-electron chi connectivity index (χ1n) is 17.8. The molecule has 0 atom stereocenters. The standard InChI is InChI=1S/C21H22N4O2.C20H24N4O2/c1-15(26)17-6-7-21-20(12-17)22-14-25(21)19-5-3-4-18(13-19)24-10-8-23(9-11-24)16(2)27;1-14(25)16-6-7-20(19(21)12-16)22-17-4-3-5-18(13-17)24-10-8-23(9-11-24)15(2)26/h3-7,12-14H,8-11H2,1-2H3;3-7,12-13,22H,8-11,21H2,1-2H3. The van der Waals surface area contributed by atoms with E-state index in [1.165, 1.54) is 6.92 Å². The van der Waals surface area contributed by atoms with Crippen LogP contribution in [0, 0.1) is 0 Å². The predicted octanol–water partition coefficient (Wildman–Crippen LogP) is 5.78. The summed E-state index contributed by atoms with van der Waals surface area (Å²) in [5.41, 5.74) is 14.6. The highest BCUT2D eigenvalue weighted by molar-refractivity contribution is 5.97. The van der Waals surface area contributed by atoms with Gasteiger partial charge in [-0.25, -0.2) is 4.98 Å². The predicted molar refractivity (Wildman–Crippen MR) is 211 cm³/mol. The maximum absolute atomic E-state index is 11.6. The third-order valence-corrected chi connectivity index (χ3v) is 9.83. The van der Waals surface area contributed by atoms with Crippen LogP contribution in [-0.4, -0.2) is 95.1 Å². The quantitative estimate of drug-likeness (QED) is 0.159. The van der Waals surface area contributed by atoms with E-state index < -0.39 is 0 Å². The number of carbonyl (C=O) groups excluding carboxylic acids is 4. The van der Waals surface area contributed by atoms with Crippen LogP contribution >= 0.6 is 0 Å². The zero-order chi connectivity index (χ0) is 37.6. The average Bonchev–Trinajstić information content (AvgIpc) is 3.60. The van der Waals surface area contributed by atoms with E-state index in [2.05, 4.69) is 50.4 Å². The van der Waals surface area contributed by atoms with Gasteiger partial charge in [0, 0.05) is 100 Å². The molecule has 2 aliphatic heterocycles. The highest BCUT2D eigenvalue weighted by Crippen LogP contribution is 2.28. The van der Waals surface area contributed by atoms with Crippen molar-refractivity contribution in [3.8, 4) is 5.69 Å². The molecule has 5 aromatic rings. The van der Waals surface area contributed by atoms with Gasteiger partial charge in [-0.2, -0.15) is 0 Å². The largest absolute Gasteiger partial charge is 0.397 e. The topological polar surface area (TPSA) is 137 Å². The number of ketones is 2. The van der Waals surface area contributed by atoms with Crippen molar-refractivity contribution in [2.24, 2.45) is 0 Å². The summed E-state index contributed by atoms with van der Waals surface area (Å²) in [6.07, 6.45) is 1.79. The summed E-state index contributed by atoms with van der Waals surface area (Å²) < 4.78 is 2.04. The molecule has 12 heteroatoms. The molecular formula is C41H46N8O4. The van der Waals surface area contributed by atoms with Gasteiger partial charge in [0.05, 0.1) is 22.4 Å². The van der Waals surface area contributed by atoms with Gasteiger partial charge in [0.2, 0.25) is 11.8 Å². The minimum atomic E-state index is -0.00468. The summed E-state index contributed by atoms with van der Waals surface area (Å²) in [6.45, 7) is 12.6. The van der Waals surface area contributed by atoms with Crippen LogP contribution in [0.4, 0.5) is 28.4 Å². The summed E-state index contributed by atoms with van der Waals surface area (Å²) in [4.78, 5) is 58.8.